The van der Waals surface area contributed by atoms with Crippen molar-refractivity contribution in [3.05, 3.63) is 18.2 Å². The highest BCUT2D eigenvalue weighted by Crippen LogP contribution is 2.32. The highest BCUT2D eigenvalue weighted by atomic mass is 16.6. The van der Waals surface area contributed by atoms with Crippen LogP contribution < -0.4 is 5.32 Å². The van der Waals surface area contributed by atoms with Crippen molar-refractivity contribution in [1.29, 1.82) is 0 Å². The van der Waals surface area contributed by atoms with Gasteiger partial charge in [0.25, 0.3) is 0 Å². The number of hydrogen-bond acceptors (Lipinski definition) is 7. The summed E-state index contributed by atoms with van der Waals surface area (Å²) in [5.41, 5.74) is 1.46. The predicted molar refractivity (Wildman–Crippen MR) is 74.8 cm³/mol. The van der Waals surface area contributed by atoms with Gasteiger partial charge in [-0.05, 0) is 12.1 Å². The molecular weight excluding hydrogens is 292 g/mol. The van der Waals surface area contributed by atoms with E-state index in [0.717, 1.165) is 0 Å². The summed E-state index contributed by atoms with van der Waals surface area (Å²) in [5, 5.41) is 39.6. The van der Waals surface area contributed by atoms with E-state index in [-0.39, 0.29) is 5.91 Å². The fourth-order valence-corrected chi connectivity index (χ4v) is 2.52. The van der Waals surface area contributed by atoms with Crippen LogP contribution in [0.2, 0.25) is 0 Å². The van der Waals surface area contributed by atoms with Gasteiger partial charge in [-0.2, -0.15) is 0 Å². The second-order valence-electron chi connectivity index (χ2n) is 5.12. The number of nitrogens with one attached hydrogen (secondary N) is 1. The molecule has 1 fully saturated rings. The Balaban J connectivity index is 2.01. The number of benzene rings is 1. The minimum absolute atomic E-state index is 0.241. The number of hydrogen-bond donors (Lipinski definition) is 4. The van der Waals surface area contributed by atoms with Crippen LogP contribution >= 0.6 is 0 Å². The molecule has 1 aliphatic heterocycles. The number of aliphatic hydroxyl groups excluding tert-OH is 3. The van der Waals surface area contributed by atoms with E-state index >= 15 is 0 Å². The molecule has 1 aliphatic rings. The highest BCUT2D eigenvalue weighted by Gasteiger charge is 2.44. The number of aromatic nitrogens is 3. The minimum Gasteiger partial charge on any atom is -0.394 e. The summed E-state index contributed by atoms with van der Waals surface area (Å²) in [6.45, 7) is 0.966. The molecule has 9 heteroatoms. The van der Waals surface area contributed by atoms with Crippen LogP contribution in [-0.2, 0) is 9.53 Å². The summed E-state index contributed by atoms with van der Waals surface area (Å²) >= 11 is 0. The van der Waals surface area contributed by atoms with Gasteiger partial charge in [0.1, 0.15) is 23.8 Å². The van der Waals surface area contributed by atoms with Crippen molar-refractivity contribution in [3.63, 3.8) is 0 Å². The summed E-state index contributed by atoms with van der Waals surface area (Å²) < 4.78 is 6.76. The van der Waals surface area contributed by atoms with Crippen LogP contribution in [0.3, 0.4) is 0 Å². The Labute approximate surface area is 125 Å². The standard InChI is InChI=1S/C13H16N4O5/c1-6(19)14-7-3-2-4-8-10(7)15-16-17(8)13-12(21)11(20)9(5-18)22-13/h2-4,9,11-13,18,20-21H,5H2,1H3,(H,14,19). The summed E-state index contributed by atoms with van der Waals surface area (Å²) in [6.07, 6.45) is -4.32. The summed E-state index contributed by atoms with van der Waals surface area (Å²) in [4.78, 5) is 11.2. The minimum atomic E-state index is -1.24. The highest BCUT2D eigenvalue weighted by molar-refractivity contribution is 5.98. The lowest BCUT2D eigenvalue weighted by atomic mass is 10.1. The average molecular weight is 308 g/mol. The van der Waals surface area contributed by atoms with Gasteiger partial charge >= 0.3 is 0 Å². The van der Waals surface area contributed by atoms with E-state index in [9.17, 15) is 15.0 Å². The van der Waals surface area contributed by atoms with Gasteiger partial charge in [-0.3, -0.25) is 4.79 Å². The topological polar surface area (TPSA) is 130 Å². The normalized spacial score (nSPS) is 28.2. The third kappa shape index (κ3) is 2.33. The van der Waals surface area contributed by atoms with Crippen LogP contribution in [0.1, 0.15) is 13.2 Å². The van der Waals surface area contributed by atoms with Crippen molar-refractivity contribution in [3.8, 4) is 0 Å². The van der Waals surface area contributed by atoms with E-state index < -0.39 is 31.1 Å². The Morgan fingerprint density at radius 1 is 1.41 bits per heavy atom. The zero-order valence-electron chi connectivity index (χ0n) is 11.7. The maximum absolute atomic E-state index is 11.2. The van der Waals surface area contributed by atoms with E-state index in [1.54, 1.807) is 18.2 Å². The lowest BCUT2D eigenvalue weighted by molar-refractivity contribution is -0.114. The molecule has 0 radical (unpaired) electrons. The van der Waals surface area contributed by atoms with Gasteiger partial charge < -0.3 is 25.4 Å². The second-order valence-corrected chi connectivity index (χ2v) is 5.12. The number of rotatable bonds is 3. The Morgan fingerprint density at radius 3 is 2.82 bits per heavy atom. The fraction of sp³-hybridized carbons (Fsp3) is 0.462. The zero-order chi connectivity index (χ0) is 15.9. The van der Waals surface area contributed by atoms with Crippen LogP contribution in [0, 0.1) is 0 Å². The molecule has 22 heavy (non-hydrogen) atoms. The van der Waals surface area contributed by atoms with Crippen molar-refractivity contribution >= 4 is 22.6 Å². The molecule has 4 unspecified atom stereocenters. The molecule has 1 aromatic heterocycles. The van der Waals surface area contributed by atoms with E-state index in [4.69, 9.17) is 9.84 Å². The molecule has 2 heterocycles. The van der Waals surface area contributed by atoms with Crippen LogP contribution in [0.15, 0.2) is 18.2 Å². The molecule has 0 spiro atoms. The first-order valence-electron chi connectivity index (χ1n) is 6.77. The van der Waals surface area contributed by atoms with Crippen molar-refractivity contribution in [1.82, 2.24) is 15.0 Å². The van der Waals surface area contributed by atoms with Gasteiger partial charge in [-0.25, -0.2) is 4.68 Å². The van der Waals surface area contributed by atoms with Crippen LogP contribution in [0.25, 0.3) is 11.0 Å². The Morgan fingerprint density at radius 2 is 2.18 bits per heavy atom. The monoisotopic (exact) mass is 308 g/mol. The van der Waals surface area contributed by atoms with Crippen molar-refractivity contribution in [2.45, 2.75) is 31.5 Å². The van der Waals surface area contributed by atoms with E-state index in [0.29, 0.717) is 16.7 Å². The first-order valence-corrected chi connectivity index (χ1v) is 6.77. The SMILES string of the molecule is CC(=O)Nc1cccc2c1nnn2C1OC(CO)C(O)C1O. The summed E-state index contributed by atoms with van der Waals surface area (Å²) in [6, 6.07) is 5.09. The molecule has 9 nitrogen and oxygen atoms in total. The maximum Gasteiger partial charge on any atom is 0.221 e. The molecule has 4 N–H and O–H groups in total. The molecule has 1 amide bonds. The lowest BCUT2D eigenvalue weighted by Crippen LogP contribution is -2.33. The van der Waals surface area contributed by atoms with E-state index in [1.807, 2.05) is 0 Å². The molecular formula is C13H16N4O5. The van der Waals surface area contributed by atoms with Crippen LogP contribution in [0.5, 0.6) is 0 Å². The van der Waals surface area contributed by atoms with Crippen molar-refractivity contribution in [2.75, 3.05) is 11.9 Å². The zero-order valence-corrected chi connectivity index (χ0v) is 11.7. The molecule has 3 rings (SSSR count). The molecule has 0 saturated carbocycles. The van der Waals surface area contributed by atoms with Gasteiger partial charge in [-0.1, -0.05) is 11.3 Å². The van der Waals surface area contributed by atoms with Gasteiger partial charge in [0.05, 0.1) is 17.8 Å². The molecule has 118 valence electrons. The Kier molecular flexibility index (Phi) is 3.79. The molecule has 0 bridgehead atoms. The molecule has 1 aromatic carbocycles. The van der Waals surface area contributed by atoms with Gasteiger partial charge in [0.15, 0.2) is 6.23 Å². The maximum atomic E-state index is 11.2. The van der Waals surface area contributed by atoms with Crippen LogP contribution in [-0.4, -0.2) is 61.1 Å². The van der Waals surface area contributed by atoms with Crippen molar-refractivity contribution < 1.29 is 24.9 Å². The molecule has 1 saturated heterocycles. The lowest BCUT2D eigenvalue weighted by Gasteiger charge is -2.15. The fourth-order valence-electron chi connectivity index (χ4n) is 2.52. The van der Waals surface area contributed by atoms with Gasteiger partial charge in [0.2, 0.25) is 5.91 Å². The Hall–Kier alpha value is -2.07. The second kappa shape index (κ2) is 5.61. The van der Waals surface area contributed by atoms with Gasteiger partial charge in [0, 0.05) is 6.92 Å². The van der Waals surface area contributed by atoms with Gasteiger partial charge in [-0.15, -0.1) is 5.10 Å². The number of amides is 1. The number of carbonyl (C=O) groups excluding carboxylic acids is 1. The predicted octanol–water partition coefficient (Wildman–Crippen LogP) is -0.999. The third-order valence-corrected chi connectivity index (χ3v) is 3.57. The average Bonchev–Trinajstić information content (AvgIpc) is 3.02. The smallest absolute Gasteiger partial charge is 0.221 e. The quantitative estimate of drug-likeness (QED) is 0.572. The van der Waals surface area contributed by atoms with E-state index in [2.05, 4.69) is 15.6 Å². The number of ether oxygens (including phenoxy) is 1. The number of carbonyl (C=O) groups is 1. The molecule has 2 aromatic rings. The third-order valence-electron chi connectivity index (χ3n) is 3.57. The number of anilines is 1. The number of aliphatic hydroxyl groups is 3. The van der Waals surface area contributed by atoms with Crippen molar-refractivity contribution in [2.24, 2.45) is 0 Å². The molecule has 0 aliphatic carbocycles. The number of nitrogens with zero attached hydrogens (tertiary/aromatic N) is 3. The first-order chi connectivity index (χ1) is 10.5. The van der Waals surface area contributed by atoms with Crippen LogP contribution in [0.4, 0.5) is 5.69 Å². The number of fused-ring (bicyclic) bond motifs is 1. The first kappa shape index (κ1) is 14.9. The largest absolute Gasteiger partial charge is 0.394 e. The summed E-state index contributed by atoms with van der Waals surface area (Å²) in [5.74, 6) is -0.241. The van der Waals surface area contributed by atoms with E-state index in [1.165, 1.54) is 11.6 Å². The summed E-state index contributed by atoms with van der Waals surface area (Å²) in [7, 11) is 0. The molecule has 4 atom stereocenters. The Bertz CT molecular complexity index is 703.